The van der Waals surface area contributed by atoms with E-state index in [0.29, 0.717) is 11.5 Å². The van der Waals surface area contributed by atoms with Crippen LogP contribution in [0, 0.1) is 19.9 Å². The summed E-state index contributed by atoms with van der Waals surface area (Å²) in [5.41, 5.74) is 3.97. The first kappa shape index (κ1) is 16.3. The topological polar surface area (TPSA) is 68.0 Å². The fourth-order valence-electron chi connectivity index (χ4n) is 2.55. The van der Waals surface area contributed by atoms with Crippen LogP contribution in [0.4, 0.5) is 6.01 Å². The van der Waals surface area contributed by atoms with Crippen LogP contribution in [-0.2, 0) is 45.6 Å². The van der Waals surface area contributed by atoms with Crippen molar-refractivity contribution in [2.45, 2.75) is 39.5 Å². The van der Waals surface area contributed by atoms with Gasteiger partial charge in [0.05, 0.1) is 0 Å². The Kier molecular flexibility index (Phi) is 5.28. The van der Waals surface area contributed by atoms with Crippen LogP contribution in [0.3, 0.4) is 0 Å². The molecule has 21 heavy (non-hydrogen) atoms. The number of hydrogen-bond acceptors (Lipinski definition) is 4. The Morgan fingerprint density at radius 3 is 2.76 bits per heavy atom. The molecule has 5 nitrogen and oxygen atoms in total. The van der Waals surface area contributed by atoms with Crippen LogP contribution in [0.15, 0.2) is 10.5 Å². The molecule has 0 aliphatic heterocycles. The number of benzene rings is 1. The third kappa shape index (κ3) is 3.58. The molecule has 107 valence electrons. The van der Waals surface area contributed by atoms with Crippen molar-refractivity contribution in [1.82, 2.24) is 10.2 Å². The summed E-state index contributed by atoms with van der Waals surface area (Å²) >= 11 is 0. The molecule has 1 N–H and O–H groups in total. The molecule has 1 amide bonds. The minimum atomic E-state index is -0.226. The van der Waals surface area contributed by atoms with Gasteiger partial charge in [-0.15, -0.1) is 5.10 Å². The van der Waals surface area contributed by atoms with Gasteiger partial charge < -0.3 is 4.42 Å². The number of aromatic nitrogens is 2. The summed E-state index contributed by atoms with van der Waals surface area (Å²) in [6.45, 7) is 3.59. The average Bonchev–Trinajstić information content (AvgIpc) is 2.83. The monoisotopic (exact) mass is 359 g/mol. The van der Waals surface area contributed by atoms with Crippen LogP contribution in [-0.4, -0.2) is 16.1 Å². The molecule has 2 aromatic rings. The predicted molar refractivity (Wildman–Crippen MR) is 73.6 cm³/mol. The van der Waals surface area contributed by atoms with E-state index in [0.717, 1.165) is 18.4 Å². The fourth-order valence-corrected chi connectivity index (χ4v) is 2.55. The van der Waals surface area contributed by atoms with Crippen molar-refractivity contribution in [3.8, 4) is 0 Å². The summed E-state index contributed by atoms with van der Waals surface area (Å²) in [7, 11) is 0. The Morgan fingerprint density at radius 2 is 2.05 bits per heavy atom. The van der Waals surface area contributed by atoms with Crippen LogP contribution in [0.5, 0.6) is 0 Å². The number of rotatable bonds is 2. The van der Waals surface area contributed by atoms with E-state index >= 15 is 0 Å². The van der Waals surface area contributed by atoms with E-state index in [9.17, 15) is 4.79 Å². The van der Waals surface area contributed by atoms with Crippen LogP contribution in [0.1, 0.15) is 45.8 Å². The van der Waals surface area contributed by atoms with Crippen molar-refractivity contribution >= 4 is 11.9 Å². The number of amides is 1. The van der Waals surface area contributed by atoms with Gasteiger partial charge in [0.25, 0.3) is 0 Å². The number of nitrogens with zero attached hydrogens (tertiary/aromatic N) is 2. The van der Waals surface area contributed by atoms with Gasteiger partial charge in [-0.25, -0.2) is 0 Å². The molecule has 0 bridgehead atoms. The molecule has 0 fully saturated rings. The summed E-state index contributed by atoms with van der Waals surface area (Å²) in [4.78, 5) is 12.3. The number of fused-ring (bicyclic) bond motifs is 1. The number of carbonyl (C=O) groups is 1. The van der Waals surface area contributed by atoms with Gasteiger partial charge in [-0.05, 0) is 0 Å². The molecule has 1 radical (unpaired) electrons. The van der Waals surface area contributed by atoms with Crippen LogP contribution in [0.25, 0.3) is 0 Å². The minimum Gasteiger partial charge on any atom is -0.408 e. The molecular formula is C15H16N3O2Y-. The molecule has 1 heterocycles. The normalized spacial score (nSPS) is 13.2. The third-order valence-corrected chi connectivity index (χ3v) is 3.56. The second kappa shape index (κ2) is 6.80. The molecule has 1 aliphatic carbocycles. The van der Waals surface area contributed by atoms with Gasteiger partial charge in [-0.2, -0.15) is 28.8 Å². The molecule has 6 heteroatoms. The summed E-state index contributed by atoms with van der Waals surface area (Å²) in [5, 5.41) is 10.1. The average molecular weight is 359 g/mol. The second-order valence-electron chi connectivity index (χ2n) is 5.10. The van der Waals surface area contributed by atoms with E-state index in [4.69, 9.17) is 4.42 Å². The Morgan fingerprint density at radius 1 is 1.29 bits per heavy atom. The first-order valence-electron chi connectivity index (χ1n) is 6.79. The molecule has 0 saturated carbocycles. The Bertz CT molecular complexity index is 667. The zero-order valence-corrected chi connectivity index (χ0v) is 15.0. The molecule has 0 saturated heterocycles. The first-order valence-corrected chi connectivity index (χ1v) is 6.79. The molecule has 0 spiro atoms. The zero-order chi connectivity index (χ0) is 14.1. The van der Waals surface area contributed by atoms with E-state index < -0.39 is 0 Å². The molecular weight excluding hydrogens is 343 g/mol. The standard InChI is InChI=1S/C15H16N3O2.Y/c1-9-7-11-5-3-4-6-12(11)8-13(9)14(19)16-15-18-17-10(2)20-15;/h8H,3-6H2,1-2H3,(H,16,18,19);/q-1;. The van der Waals surface area contributed by atoms with Crippen molar-refractivity contribution in [1.29, 1.82) is 0 Å². The summed E-state index contributed by atoms with van der Waals surface area (Å²) < 4.78 is 5.16. The molecule has 1 aromatic carbocycles. The summed E-state index contributed by atoms with van der Waals surface area (Å²) in [6.07, 6.45) is 4.45. The van der Waals surface area contributed by atoms with E-state index in [2.05, 4.69) is 21.6 Å². The molecule has 1 aromatic heterocycles. The Hall–Kier alpha value is -1.07. The SMILES string of the molecule is Cc1nnc(NC(=O)c2cc3c([c-]c2C)CCCC3)o1.[Y]. The molecule has 0 unspecified atom stereocenters. The number of hydrogen-bond donors (Lipinski definition) is 1. The van der Waals surface area contributed by atoms with E-state index in [1.807, 2.05) is 13.0 Å². The van der Waals surface area contributed by atoms with Gasteiger partial charge in [-0.1, -0.05) is 43.3 Å². The van der Waals surface area contributed by atoms with Crippen molar-refractivity contribution in [2.24, 2.45) is 0 Å². The van der Waals surface area contributed by atoms with Crippen molar-refractivity contribution in [3.63, 3.8) is 0 Å². The fraction of sp³-hybridized carbons (Fsp3) is 0.400. The zero-order valence-electron chi connectivity index (χ0n) is 12.2. The van der Waals surface area contributed by atoms with Crippen LogP contribution < -0.4 is 5.32 Å². The van der Waals surface area contributed by atoms with Gasteiger partial charge in [0.15, 0.2) is 0 Å². The number of nitrogens with one attached hydrogen (secondary N) is 1. The second-order valence-corrected chi connectivity index (χ2v) is 5.10. The van der Waals surface area contributed by atoms with Crippen LogP contribution in [0.2, 0.25) is 0 Å². The molecule has 3 rings (SSSR count). The Labute approximate surface area is 148 Å². The van der Waals surface area contributed by atoms with Crippen LogP contribution >= 0.6 is 0 Å². The minimum absolute atomic E-state index is 0. The molecule has 0 atom stereocenters. The summed E-state index contributed by atoms with van der Waals surface area (Å²) in [6, 6.07) is 5.44. The first-order chi connectivity index (χ1) is 9.63. The number of aryl methyl sites for hydroxylation is 4. The number of carbonyl (C=O) groups excluding carboxylic acids is 1. The van der Waals surface area contributed by atoms with E-state index in [1.165, 1.54) is 24.0 Å². The van der Waals surface area contributed by atoms with Crippen molar-refractivity contribution < 1.29 is 41.9 Å². The quantitative estimate of drug-likeness (QED) is 0.837. The third-order valence-electron chi connectivity index (χ3n) is 3.56. The number of anilines is 1. The van der Waals surface area contributed by atoms with Gasteiger partial charge >= 0.3 is 6.01 Å². The van der Waals surface area contributed by atoms with Crippen molar-refractivity contribution in [3.05, 3.63) is 40.3 Å². The molecule has 1 aliphatic rings. The maximum atomic E-state index is 12.3. The Balaban J connectivity index is 0.00000161. The van der Waals surface area contributed by atoms with Gasteiger partial charge in [0, 0.05) is 39.6 Å². The van der Waals surface area contributed by atoms with E-state index in [1.54, 1.807) is 6.92 Å². The van der Waals surface area contributed by atoms with Gasteiger partial charge in [-0.3, -0.25) is 10.1 Å². The van der Waals surface area contributed by atoms with Gasteiger partial charge in [0.2, 0.25) is 11.8 Å². The maximum Gasteiger partial charge on any atom is 0.321 e. The van der Waals surface area contributed by atoms with Crippen molar-refractivity contribution in [2.75, 3.05) is 5.32 Å². The predicted octanol–water partition coefficient (Wildman–Crippen LogP) is 2.62. The van der Waals surface area contributed by atoms with Gasteiger partial charge in [0.1, 0.15) is 0 Å². The van der Waals surface area contributed by atoms with E-state index in [-0.39, 0.29) is 44.6 Å². The smallest absolute Gasteiger partial charge is 0.321 e. The largest absolute Gasteiger partial charge is 0.408 e. The summed E-state index contributed by atoms with van der Waals surface area (Å²) in [5.74, 6) is 0.199. The maximum absolute atomic E-state index is 12.3.